The van der Waals surface area contributed by atoms with Gasteiger partial charge in [0.1, 0.15) is 0 Å². The Morgan fingerprint density at radius 1 is 1.20 bits per heavy atom. The number of nitrogens with zero attached hydrogens (tertiary/aromatic N) is 4. The lowest BCUT2D eigenvalue weighted by molar-refractivity contribution is 0.102. The zero-order valence-corrected chi connectivity index (χ0v) is 16.7. The molecule has 1 N–H and O–H groups in total. The lowest BCUT2D eigenvalue weighted by atomic mass is 10.2. The summed E-state index contributed by atoms with van der Waals surface area (Å²) < 4.78 is 27.3. The first kappa shape index (κ1) is 19.6. The van der Waals surface area contributed by atoms with Gasteiger partial charge in [-0.15, -0.1) is 10.2 Å². The van der Waals surface area contributed by atoms with Crippen LogP contribution in [0.25, 0.3) is 0 Å². The Morgan fingerprint density at radius 3 is 2.40 bits per heavy atom. The van der Waals surface area contributed by atoms with E-state index in [0.717, 1.165) is 18.7 Å². The number of nitrogens with one attached hydrogen (secondary N) is 1. The largest absolute Gasteiger partial charge is 0.303 e. The minimum absolute atomic E-state index is 0.325. The van der Waals surface area contributed by atoms with Crippen molar-refractivity contribution in [3.8, 4) is 0 Å². The van der Waals surface area contributed by atoms with E-state index in [4.69, 9.17) is 0 Å². The van der Waals surface area contributed by atoms with Crippen LogP contribution in [0.2, 0.25) is 0 Å². The van der Waals surface area contributed by atoms with E-state index in [1.54, 1.807) is 36.0 Å². The molecule has 0 saturated heterocycles. The summed E-state index contributed by atoms with van der Waals surface area (Å²) in [5, 5.41) is 11.0. The van der Waals surface area contributed by atoms with Crippen molar-refractivity contribution in [1.29, 1.82) is 0 Å². The predicted molar refractivity (Wildman–Crippen MR) is 102 cm³/mol. The molecule has 1 amide bonds. The van der Waals surface area contributed by atoms with Crippen LogP contribution in [0, 0.1) is 0 Å². The zero-order chi connectivity index (χ0) is 18.6. The number of anilines is 2. The van der Waals surface area contributed by atoms with Gasteiger partial charge in [-0.1, -0.05) is 30.0 Å². The van der Waals surface area contributed by atoms with Gasteiger partial charge in [-0.2, -0.15) is 12.7 Å². The number of hydrogen-bond acceptors (Lipinski definition) is 7. The molecule has 0 spiro atoms. The molecule has 136 valence electrons. The summed E-state index contributed by atoms with van der Waals surface area (Å²) in [5.74, 6) is 0.557. The average molecular weight is 402 g/mol. The summed E-state index contributed by atoms with van der Waals surface area (Å²) in [7, 11) is 0.808. The Hall–Kier alpha value is -1.69. The monoisotopic (exact) mass is 401 g/mol. The van der Waals surface area contributed by atoms with Crippen LogP contribution >= 0.6 is 23.1 Å². The van der Waals surface area contributed by atoms with Gasteiger partial charge >= 0.3 is 10.2 Å². The highest BCUT2D eigenvalue weighted by Crippen LogP contribution is 2.25. The van der Waals surface area contributed by atoms with Crippen LogP contribution in [0.15, 0.2) is 28.6 Å². The van der Waals surface area contributed by atoms with Crippen molar-refractivity contribution < 1.29 is 13.2 Å². The number of thioether (sulfide) groups is 1. The third-order valence-electron chi connectivity index (χ3n) is 3.20. The van der Waals surface area contributed by atoms with Crippen LogP contribution in [0.5, 0.6) is 0 Å². The molecule has 0 radical (unpaired) electrons. The lowest BCUT2D eigenvalue weighted by Crippen LogP contribution is -2.37. The quantitative estimate of drug-likeness (QED) is 0.564. The van der Waals surface area contributed by atoms with E-state index in [0.29, 0.717) is 16.4 Å². The smallest absolute Gasteiger partial charge is 0.296 e. The van der Waals surface area contributed by atoms with Gasteiger partial charge in [0.25, 0.3) is 5.91 Å². The molecule has 2 rings (SSSR count). The molecule has 25 heavy (non-hydrogen) atoms. The molecule has 8 nitrogen and oxygen atoms in total. The maximum atomic E-state index is 12.2. The van der Waals surface area contributed by atoms with E-state index < -0.39 is 10.2 Å². The molecule has 1 aromatic heterocycles. The highest BCUT2D eigenvalue weighted by Gasteiger charge is 2.21. The number of hydrogen-bond donors (Lipinski definition) is 1. The molecular weight excluding hydrogens is 382 g/mol. The minimum Gasteiger partial charge on any atom is -0.296 e. The Bertz CT molecular complexity index is 834. The van der Waals surface area contributed by atoms with Gasteiger partial charge in [0, 0.05) is 26.7 Å². The van der Waals surface area contributed by atoms with E-state index in [9.17, 15) is 13.2 Å². The highest BCUT2D eigenvalue weighted by atomic mass is 32.2. The summed E-state index contributed by atoms with van der Waals surface area (Å²) >= 11 is 2.87. The second kappa shape index (κ2) is 8.13. The Morgan fingerprint density at radius 2 is 1.84 bits per heavy atom. The molecule has 1 aromatic carbocycles. The Balaban J connectivity index is 2.09. The van der Waals surface area contributed by atoms with Crippen molar-refractivity contribution in [1.82, 2.24) is 14.5 Å². The summed E-state index contributed by atoms with van der Waals surface area (Å²) in [6, 6.07) is 6.28. The molecule has 1 heterocycles. The van der Waals surface area contributed by atoms with Crippen LogP contribution in [0.3, 0.4) is 0 Å². The summed E-state index contributed by atoms with van der Waals surface area (Å²) in [4.78, 5) is 12.2. The number of carbonyl (C=O) groups is 1. The first-order valence-corrected chi connectivity index (χ1v) is 10.5. The molecule has 0 atom stereocenters. The van der Waals surface area contributed by atoms with Crippen molar-refractivity contribution in [3.05, 3.63) is 29.8 Å². The number of aromatic nitrogens is 2. The van der Waals surface area contributed by atoms with Crippen LogP contribution in [-0.2, 0) is 10.2 Å². The molecule has 11 heteroatoms. The summed E-state index contributed by atoms with van der Waals surface area (Å²) in [5.41, 5.74) is 0.863. The second-order valence-corrected chi connectivity index (χ2v) is 9.73. The molecule has 0 unspecified atom stereocenters. The van der Waals surface area contributed by atoms with Crippen molar-refractivity contribution >= 4 is 50.0 Å². The highest BCUT2D eigenvalue weighted by molar-refractivity contribution is 8.01. The van der Waals surface area contributed by atoms with Gasteiger partial charge in [-0.3, -0.25) is 14.4 Å². The Kier molecular flexibility index (Phi) is 6.38. The molecule has 0 bridgehead atoms. The van der Waals surface area contributed by atoms with E-state index >= 15 is 0 Å². The standard InChI is InChI=1S/C14H19N5O3S3/c1-5-23-14-17-16-13(24-14)15-12(20)10-6-8-11(9-7-10)19(4)25(21,22)18(2)3/h6-9H,5H2,1-4H3,(H,15,16,20). The van der Waals surface area contributed by atoms with Crippen molar-refractivity contribution in [2.45, 2.75) is 11.3 Å². The maximum absolute atomic E-state index is 12.2. The Labute approximate surface area is 155 Å². The molecule has 0 aliphatic carbocycles. The fourth-order valence-electron chi connectivity index (χ4n) is 1.81. The van der Waals surface area contributed by atoms with Gasteiger partial charge in [-0.25, -0.2) is 0 Å². The van der Waals surface area contributed by atoms with E-state index in [2.05, 4.69) is 15.5 Å². The van der Waals surface area contributed by atoms with Crippen molar-refractivity contribution in [2.24, 2.45) is 0 Å². The zero-order valence-electron chi connectivity index (χ0n) is 14.3. The van der Waals surface area contributed by atoms with Crippen molar-refractivity contribution in [3.63, 3.8) is 0 Å². The molecule has 0 aliphatic rings. The topological polar surface area (TPSA) is 95.5 Å². The first-order chi connectivity index (χ1) is 11.8. The normalized spacial score (nSPS) is 11.6. The van der Waals surface area contributed by atoms with Crippen molar-refractivity contribution in [2.75, 3.05) is 36.5 Å². The molecule has 0 fully saturated rings. The lowest BCUT2D eigenvalue weighted by Gasteiger charge is -2.23. The summed E-state index contributed by atoms with van der Waals surface area (Å²) in [6.07, 6.45) is 0. The van der Waals surface area contributed by atoms with Gasteiger partial charge in [-0.05, 0) is 30.0 Å². The second-order valence-electron chi connectivity index (χ2n) is 5.06. The average Bonchev–Trinajstić information content (AvgIpc) is 3.01. The van der Waals surface area contributed by atoms with E-state index in [-0.39, 0.29) is 5.91 Å². The van der Waals surface area contributed by atoms with Gasteiger partial charge in [0.05, 0.1) is 5.69 Å². The fourth-order valence-corrected chi connectivity index (χ4v) is 4.33. The van der Waals surface area contributed by atoms with Crippen LogP contribution in [0.1, 0.15) is 17.3 Å². The summed E-state index contributed by atoms with van der Waals surface area (Å²) in [6.45, 7) is 2.01. The van der Waals surface area contributed by atoms with Crippen LogP contribution < -0.4 is 9.62 Å². The number of carbonyl (C=O) groups excluding carboxylic acids is 1. The third-order valence-corrected chi connectivity index (χ3v) is 6.88. The molecule has 0 saturated carbocycles. The molecular formula is C14H19N5O3S3. The number of rotatable bonds is 7. The number of benzene rings is 1. The molecule has 0 aliphatic heterocycles. The minimum atomic E-state index is -3.57. The molecule has 2 aromatic rings. The van der Waals surface area contributed by atoms with Crippen LogP contribution in [-0.4, -0.2) is 55.7 Å². The SMILES string of the molecule is CCSc1nnc(NC(=O)c2ccc(N(C)S(=O)(=O)N(C)C)cc2)s1. The van der Waals surface area contributed by atoms with E-state index in [1.807, 2.05) is 6.92 Å². The fraction of sp³-hybridized carbons (Fsp3) is 0.357. The maximum Gasteiger partial charge on any atom is 0.303 e. The predicted octanol–water partition coefficient (Wildman–Crippen LogP) is 2.14. The van der Waals surface area contributed by atoms with E-state index in [1.165, 1.54) is 32.5 Å². The van der Waals surface area contributed by atoms with Gasteiger partial charge in [0.2, 0.25) is 5.13 Å². The number of amides is 1. The van der Waals surface area contributed by atoms with Gasteiger partial charge < -0.3 is 0 Å². The third kappa shape index (κ3) is 4.69. The first-order valence-electron chi connectivity index (χ1n) is 7.29. The van der Waals surface area contributed by atoms with Crippen LogP contribution in [0.4, 0.5) is 10.8 Å². The van der Waals surface area contributed by atoms with Gasteiger partial charge in [0.15, 0.2) is 4.34 Å².